The number of benzene rings is 1. The summed E-state index contributed by atoms with van der Waals surface area (Å²) in [4.78, 5) is 16.2. The molecule has 0 spiro atoms. The predicted molar refractivity (Wildman–Crippen MR) is 96.0 cm³/mol. The first-order valence-electron chi connectivity index (χ1n) is 9.14. The molecule has 0 atom stereocenters. The molecule has 28 heavy (non-hydrogen) atoms. The summed E-state index contributed by atoms with van der Waals surface area (Å²) in [5, 5.41) is 3.10. The number of nitrogens with one attached hydrogen (secondary N) is 1. The lowest BCUT2D eigenvalue weighted by molar-refractivity contribution is -0.147. The van der Waals surface area contributed by atoms with Crippen molar-refractivity contribution in [1.29, 1.82) is 0 Å². The minimum absolute atomic E-state index is 0.0206. The molecule has 1 saturated heterocycles. The van der Waals surface area contributed by atoms with Crippen LogP contribution in [-0.2, 0) is 6.18 Å². The Kier molecular flexibility index (Phi) is 4.45. The fraction of sp³-hybridized carbons (Fsp3) is 0.474. The fourth-order valence-corrected chi connectivity index (χ4v) is 3.86. The average molecular weight is 397 g/mol. The van der Waals surface area contributed by atoms with E-state index in [0.717, 1.165) is 36.6 Å². The van der Waals surface area contributed by atoms with E-state index in [-0.39, 0.29) is 27.9 Å². The zero-order valence-electron chi connectivity index (χ0n) is 15.4. The second-order valence-electron chi connectivity index (χ2n) is 7.37. The van der Waals surface area contributed by atoms with Gasteiger partial charge in [0, 0.05) is 18.0 Å². The van der Waals surface area contributed by atoms with Crippen LogP contribution in [0.25, 0.3) is 22.0 Å². The molecule has 1 fully saturated rings. The van der Waals surface area contributed by atoms with Crippen LogP contribution in [0.4, 0.5) is 17.6 Å². The summed E-state index contributed by atoms with van der Waals surface area (Å²) in [6.07, 6.45) is -3.28. The van der Waals surface area contributed by atoms with Gasteiger partial charge in [-0.1, -0.05) is 0 Å². The summed E-state index contributed by atoms with van der Waals surface area (Å²) >= 11 is 0. The van der Waals surface area contributed by atoms with Crippen LogP contribution >= 0.6 is 0 Å². The molecule has 1 N–H and O–H groups in total. The van der Waals surface area contributed by atoms with Crippen LogP contribution in [0.3, 0.4) is 0 Å². The Bertz CT molecular complexity index is 1110. The van der Waals surface area contributed by atoms with Gasteiger partial charge < -0.3 is 14.3 Å². The van der Waals surface area contributed by atoms with Crippen LogP contribution in [0.5, 0.6) is 0 Å². The number of hydrogen-bond donors (Lipinski definition) is 1. The van der Waals surface area contributed by atoms with Crippen molar-refractivity contribution in [3.05, 3.63) is 39.8 Å². The maximum Gasteiger partial charge on any atom is 0.449 e. The number of aromatic nitrogens is 2. The number of nitrogens with zero attached hydrogens (tertiary/aromatic N) is 2. The van der Waals surface area contributed by atoms with Crippen molar-refractivity contribution in [2.24, 2.45) is 0 Å². The fourth-order valence-electron chi connectivity index (χ4n) is 3.86. The first-order valence-corrected chi connectivity index (χ1v) is 9.14. The monoisotopic (exact) mass is 397 g/mol. The number of imidazole rings is 1. The van der Waals surface area contributed by atoms with E-state index >= 15 is 0 Å². The van der Waals surface area contributed by atoms with Gasteiger partial charge in [-0.05, 0) is 45.8 Å². The number of rotatable bonds is 2. The molecule has 4 rings (SSSR count). The molecular formula is C19H19F4N3O2. The molecule has 0 bridgehead atoms. The van der Waals surface area contributed by atoms with Crippen molar-refractivity contribution in [2.45, 2.75) is 44.8 Å². The van der Waals surface area contributed by atoms with E-state index in [9.17, 15) is 22.4 Å². The van der Waals surface area contributed by atoms with E-state index in [4.69, 9.17) is 4.42 Å². The Labute approximate surface area is 157 Å². The predicted octanol–water partition coefficient (Wildman–Crippen LogP) is 4.35. The molecule has 9 heteroatoms. The van der Waals surface area contributed by atoms with Gasteiger partial charge in [-0.2, -0.15) is 13.2 Å². The van der Waals surface area contributed by atoms with Crippen LogP contribution in [-0.4, -0.2) is 22.6 Å². The Morgan fingerprint density at radius 2 is 1.93 bits per heavy atom. The van der Waals surface area contributed by atoms with Crippen molar-refractivity contribution < 1.29 is 22.0 Å². The van der Waals surface area contributed by atoms with Crippen LogP contribution in [0.2, 0.25) is 0 Å². The summed E-state index contributed by atoms with van der Waals surface area (Å²) in [6.45, 7) is 4.54. The van der Waals surface area contributed by atoms with Crippen LogP contribution in [0.1, 0.15) is 50.2 Å². The topological polar surface area (TPSA) is 60.1 Å². The highest BCUT2D eigenvalue weighted by molar-refractivity contribution is 6.01. The lowest BCUT2D eigenvalue weighted by atomic mass is 9.95. The van der Waals surface area contributed by atoms with E-state index in [1.54, 1.807) is 0 Å². The van der Waals surface area contributed by atoms with Crippen molar-refractivity contribution in [2.75, 3.05) is 13.1 Å². The van der Waals surface area contributed by atoms with Crippen LogP contribution in [0, 0.1) is 5.82 Å². The molecule has 1 aliphatic rings. The Balaban J connectivity index is 2.07. The van der Waals surface area contributed by atoms with Gasteiger partial charge >= 0.3 is 6.18 Å². The lowest BCUT2D eigenvalue weighted by Gasteiger charge is -2.21. The molecule has 3 aromatic rings. The van der Waals surface area contributed by atoms with Crippen molar-refractivity contribution in [3.8, 4) is 0 Å². The molecule has 0 saturated carbocycles. The van der Waals surface area contributed by atoms with Gasteiger partial charge in [0.2, 0.25) is 5.82 Å². The molecule has 5 nitrogen and oxygen atoms in total. The third-order valence-corrected chi connectivity index (χ3v) is 5.14. The van der Waals surface area contributed by atoms with Crippen molar-refractivity contribution in [1.82, 2.24) is 14.9 Å². The summed E-state index contributed by atoms with van der Waals surface area (Å²) in [7, 11) is 0. The minimum atomic E-state index is -4.77. The van der Waals surface area contributed by atoms with Crippen LogP contribution < -0.4 is 10.7 Å². The first kappa shape index (κ1) is 18.9. The molecular weight excluding hydrogens is 378 g/mol. The van der Waals surface area contributed by atoms with Crippen molar-refractivity contribution >= 4 is 22.0 Å². The molecule has 0 amide bonds. The number of fused-ring (bicyclic) bond motifs is 3. The van der Waals surface area contributed by atoms with E-state index in [1.165, 1.54) is 19.9 Å². The minimum Gasteiger partial charge on any atom is -0.458 e. The molecule has 1 aromatic carbocycles. The molecule has 0 radical (unpaired) electrons. The summed E-state index contributed by atoms with van der Waals surface area (Å²) < 4.78 is 62.0. The van der Waals surface area contributed by atoms with Gasteiger partial charge in [0.05, 0.1) is 5.39 Å². The molecule has 3 heterocycles. The standard InChI is InChI=1S/C19H19F4N3O2/c1-9(2)26-16-12(20)7-11-13(27)8-14(10-3-5-24-6-4-10)28-17(11)15(16)25-18(26)19(21,22)23/h7-10,24H,3-6H2,1-2H3. The molecule has 150 valence electrons. The third kappa shape index (κ3) is 2.97. The highest BCUT2D eigenvalue weighted by Gasteiger charge is 2.39. The molecule has 1 aliphatic heterocycles. The summed E-state index contributed by atoms with van der Waals surface area (Å²) in [5.74, 6) is -1.76. The highest BCUT2D eigenvalue weighted by Crippen LogP contribution is 2.37. The number of alkyl halides is 3. The van der Waals surface area contributed by atoms with Gasteiger partial charge in [0.1, 0.15) is 22.6 Å². The summed E-state index contributed by atoms with van der Waals surface area (Å²) in [6, 6.07) is 1.57. The first-order chi connectivity index (χ1) is 13.2. The second kappa shape index (κ2) is 6.58. The Morgan fingerprint density at radius 1 is 1.25 bits per heavy atom. The second-order valence-corrected chi connectivity index (χ2v) is 7.37. The van der Waals surface area contributed by atoms with Gasteiger partial charge in [0.15, 0.2) is 11.0 Å². The number of halogens is 4. The van der Waals surface area contributed by atoms with E-state index < -0.39 is 29.3 Å². The van der Waals surface area contributed by atoms with Gasteiger partial charge in [0.25, 0.3) is 0 Å². The molecule has 0 aliphatic carbocycles. The average Bonchev–Trinajstić information content (AvgIpc) is 3.05. The van der Waals surface area contributed by atoms with E-state index in [2.05, 4.69) is 10.3 Å². The zero-order chi connectivity index (χ0) is 20.2. The maximum absolute atomic E-state index is 14.8. The highest BCUT2D eigenvalue weighted by atomic mass is 19.4. The molecule has 2 aromatic heterocycles. The number of piperidine rings is 1. The van der Waals surface area contributed by atoms with E-state index in [1.807, 2.05) is 0 Å². The Morgan fingerprint density at radius 3 is 2.54 bits per heavy atom. The zero-order valence-corrected chi connectivity index (χ0v) is 15.4. The SMILES string of the molecule is CC(C)n1c(C(F)(F)F)nc2c3oc(C4CCNCC4)cc(=O)c3cc(F)c21. The number of hydrogen-bond acceptors (Lipinski definition) is 4. The van der Waals surface area contributed by atoms with Crippen molar-refractivity contribution in [3.63, 3.8) is 0 Å². The van der Waals surface area contributed by atoms with E-state index in [0.29, 0.717) is 5.76 Å². The molecule has 0 unspecified atom stereocenters. The van der Waals surface area contributed by atoms with Gasteiger partial charge in [-0.25, -0.2) is 9.37 Å². The maximum atomic E-state index is 14.8. The van der Waals surface area contributed by atoms with Gasteiger partial charge in [-0.15, -0.1) is 0 Å². The lowest BCUT2D eigenvalue weighted by Crippen LogP contribution is -2.27. The van der Waals surface area contributed by atoms with Crippen LogP contribution in [0.15, 0.2) is 21.3 Å². The smallest absolute Gasteiger partial charge is 0.449 e. The summed E-state index contributed by atoms with van der Waals surface area (Å²) in [5.41, 5.74) is -1.16. The third-order valence-electron chi connectivity index (χ3n) is 5.14. The normalized spacial score (nSPS) is 16.5. The Hall–Kier alpha value is -2.42. The largest absolute Gasteiger partial charge is 0.458 e. The van der Waals surface area contributed by atoms with Gasteiger partial charge in [-0.3, -0.25) is 4.79 Å². The quantitative estimate of drug-likeness (QED) is 0.654.